The standard InChI is InChI=1S/C15H16N4O5S3/c20-14(11-26-15-16-4-9-25-15)17-5-7-18(8-6-17)27(23,24)13-3-1-2-12(10-13)19(21)22/h1-4,9-10H,5-8,11H2. The molecule has 1 aromatic carbocycles. The Bertz CT molecular complexity index is 925. The maximum atomic E-state index is 12.7. The minimum absolute atomic E-state index is 0.0670. The molecule has 2 aromatic rings. The number of piperazine rings is 1. The van der Waals surface area contributed by atoms with Crippen LogP contribution in [0.1, 0.15) is 0 Å². The minimum Gasteiger partial charge on any atom is -0.339 e. The topological polar surface area (TPSA) is 114 Å². The highest BCUT2D eigenvalue weighted by atomic mass is 32.2. The second-order valence-corrected chi connectivity index (χ2v) is 9.68. The van der Waals surface area contributed by atoms with Gasteiger partial charge in [-0.15, -0.1) is 11.3 Å². The summed E-state index contributed by atoms with van der Waals surface area (Å²) in [5, 5.41) is 12.7. The van der Waals surface area contributed by atoms with Gasteiger partial charge in [-0.3, -0.25) is 14.9 Å². The predicted molar refractivity (Wildman–Crippen MR) is 101 cm³/mol. The molecule has 144 valence electrons. The van der Waals surface area contributed by atoms with Gasteiger partial charge in [-0.1, -0.05) is 17.8 Å². The van der Waals surface area contributed by atoms with Crippen LogP contribution in [-0.2, 0) is 14.8 Å². The van der Waals surface area contributed by atoms with E-state index in [1.807, 2.05) is 5.38 Å². The van der Waals surface area contributed by atoms with E-state index < -0.39 is 14.9 Å². The highest BCUT2D eigenvalue weighted by Crippen LogP contribution is 2.23. The van der Waals surface area contributed by atoms with E-state index in [0.29, 0.717) is 0 Å². The number of rotatable bonds is 6. The number of carbonyl (C=O) groups excluding carboxylic acids is 1. The number of thiazole rings is 1. The molecule has 0 spiro atoms. The van der Waals surface area contributed by atoms with Crippen LogP contribution in [0.2, 0.25) is 0 Å². The largest absolute Gasteiger partial charge is 0.339 e. The number of nitro groups is 1. The number of hydrogen-bond acceptors (Lipinski definition) is 8. The van der Waals surface area contributed by atoms with Crippen LogP contribution in [0, 0.1) is 10.1 Å². The van der Waals surface area contributed by atoms with E-state index in [2.05, 4.69) is 4.98 Å². The predicted octanol–water partition coefficient (Wildman–Crippen LogP) is 1.68. The van der Waals surface area contributed by atoms with Gasteiger partial charge < -0.3 is 4.90 Å². The third-order valence-corrected chi connectivity index (χ3v) is 7.83. The number of hydrogen-bond donors (Lipinski definition) is 0. The number of aromatic nitrogens is 1. The molecule has 27 heavy (non-hydrogen) atoms. The van der Waals surface area contributed by atoms with Crippen molar-refractivity contribution in [3.05, 3.63) is 46.0 Å². The number of non-ortho nitro benzene ring substituents is 1. The van der Waals surface area contributed by atoms with E-state index in [1.165, 1.54) is 45.6 Å². The first-order valence-corrected chi connectivity index (χ1v) is 11.2. The van der Waals surface area contributed by atoms with Gasteiger partial charge in [-0.2, -0.15) is 4.31 Å². The zero-order valence-corrected chi connectivity index (χ0v) is 16.5. The quantitative estimate of drug-likeness (QED) is 0.391. The van der Waals surface area contributed by atoms with Crippen molar-refractivity contribution in [1.82, 2.24) is 14.2 Å². The van der Waals surface area contributed by atoms with Gasteiger partial charge in [0.05, 0.1) is 15.6 Å². The molecular formula is C15H16N4O5S3. The highest BCUT2D eigenvalue weighted by Gasteiger charge is 2.30. The summed E-state index contributed by atoms with van der Waals surface area (Å²) in [6.45, 7) is 0.869. The van der Waals surface area contributed by atoms with E-state index in [-0.39, 0.29) is 48.4 Å². The van der Waals surface area contributed by atoms with E-state index in [9.17, 15) is 23.3 Å². The number of sulfonamides is 1. The molecule has 3 rings (SSSR count). The normalized spacial score (nSPS) is 15.6. The molecule has 0 atom stereocenters. The first kappa shape index (κ1) is 19.7. The number of carbonyl (C=O) groups is 1. The maximum Gasteiger partial charge on any atom is 0.270 e. The molecule has 0 N–H and O–H groups in total. The fraction of sp³-hybridized carbons (Fsp3) is 0.333. The molecule has 0 radical (unpaired) electrons. The number of benzene rings is 1. The summed E-state index contributed by atoms with van der Waals surface area (Å²) in [6.07, 6.45) is 1.68. The Balaban J connectivity index is 1.60. The van der Waals surface area contributed by atoms with Crippen molar-refractivity contribution < 1.29 is 18.1 Å². The number of thioether (sulfide) groups is 1. The molecule has 0 bridgehead atoms. The van der Waals surface area contributed by atoms with Crippen LogP contribution in [0.5, 0.6) is 0 Å². The molecule has 1 aromatic heterocycles. The second-order valence-electron chi connectivity index (χ2n) is 5.63. The minimum atomic E-state index is -3.84. The van der Waals surface area contributed by atoms with Gasteiger partial charge in [0.15, 0.2) is 0 Å². The molecule has 1 fully saturated rings. The molecule has 1 saturated heterocycles. The number of nitrogens with zero attached hydrogens (tertiary/aromatic N) is 4. The third-order valence-electron chi connectivity index (χ3n) is 3.99. The Labute approximate surface area is 164 Å². The van der Waals surface area contributed by atoms with Crippen molar-refractivity contribution in [1.29, 1.82) is 0 Å². The van der Waals surface area contributed by atoms with Crippen LogP contribution in [0.25, 0.3) is 0 Å². The molecule has 1 aliphatic heterocycles. The Morgan fingerprint density at radius 1 is 1.30 bits per heavy atom. The van der Waals surface area contributed by atoms with Crippen LogP contribution in [0.4, 0.5) is 5.69 Å². The lowest BCUT2D eigenvalue weighted by atomic mass is 10.3. The van der Waals surface area contributed by atoms with Crippen LogP contribution >= 0.6 is 23.1 Å². The third kappa shape index (κ3) is 4.64. The van der Waals surface area contributed by atoms with Crippen molar-refractivity contribution in [2.75, 3.05) is 31.9 Å². The molecule has 2 heterocycles. The van der Waals surface area contributed by atoms with Gasteiger partial charge in [0.2, 0.25) is 15.9 Å². The Morgan fingerprint density at radius 2 is 2.04 bits per heavy atom. The average Bonchev–Trinajstić information content (AvgIpc) is 3.20. The van der Waals surface area contributed by atoms with Crippen molar-refractivity contribution in [3.8, 4) is 0 Å². The summed E-state index contributed by atoms with van der Waals surface area (Å²) in [7, 11) is -3.84. The summed E-state index contributed by atoms with van der Waals surface area (Å²) in [5.41, 5.74) is -0.274. The number of nitro benzene ring substituents is 1. The SMILES string of the molecule is O=C(CSc1nccs1)N1CCN(S(=O)(=O)c2cccc([N+](=O)[O-])c2)CC1. The molecule has 12 heteroatoms. The Hall–Kier alpha value is -2.02. The maximum absolute atomic E-state index is 12.7. The van der Waals surface area contributed by atoms with E-state index >= 15 is 0 Å². The smallest absolute Gasteiger partial charge is 0.270 e. The summed E-state index contributed by atoms with van der Waals surface area (Å²) in [4.78, 5) is 28.1. The van der Waals surface area contributed by atoms with Crippen LogP contribution in [-0.4, -0.2) is 65.4 Å². The molecule has 9 nitrogen and oxygen atoms in total. The zero-order valence-electron chi connectivity index (χ0n) is 14.1. The lowest BCUT2D eigenvalue weighted by molar-refractivity contribution is -0.385. The molecule has 1 aliphatic rings. The second kappa shape index (κ2) is 8.33. The van der Waals surface area contributed by atoms with E-state index in [0.717, 1.165) is 10.4 Å². The monoisotopic (exact) mass is 428 g/mol. The summed E-state index contributed by atoms with van der Waals surface area (Å²) in [5.74, 6) is 0.188. The summed E-state index contributed by atoms with van der Waals surface area (Å²) < 4.78 is 27.5. The van der Waals surface area contributed by atoms with E-state index in [1.54, 1.807) is 11.1 Å². The molecule has 0 aliphatic carbocycles. The summed E-state index contributed by atoms with van der Waals surface area (Å²) >= 11 is 2.82. The van der Waals surface area contributed by atoms with Crippen molar-refractivity contribution in [3.63, 3.8) is 0 Å². The first-order valence-electron chi connectivity index (χ1n) is 7.92. The fourth-order valence-electron chi connectivity index (χ4n) is 2.58. The van der Waals surface area contributed by atoms with Gasteiger partial charge in [0, 0.05) is 49.9 Å². The molecule has 0 unspecified atom stereocenters. The lowest BCUT2D eigenvalue weighted by Crippen LogP contribution is -2.50. The van der Waals surface area contributed by atoms with Crippen LogP contribution in [0.3, 0.4) is 0 Å². The fourth-order valence-corrected chi connectivity index (χ4v) is 5.58. The average molecular weight is 429 g/mol. The van der Waals surface area contributed by atoms with Crippen molar-refractivity contribution >= 4 is 44.7 Å². The van der Waals surface area contributed by atoms with Crippen LogP contribution < -0.4 is 0 Å². The Kier molecular flexibility index (Phi) is 6.09. The summed E-state index contributed by atoms with van der Waals surface area (Å²) in [6, 6.07) is 4.98. The van der Waals surface area contributed by atoms with Gasteiger partial charge in [-0.05, 0) is 6.07 Å². The van der Waals surface area contributed by atoms with Gasteiger partial charge in [0.1, 0.15) is 4.34 Å². The Morgan fingerprint density at radius 3 is 2.67 bits per heavy atom. The van der Waals surface area contributed by atoms with Gasteiger partial charge in [-0.25, -0.2) is 13.4 Å². The van der Waals surface area contributed by atoms with E-state index in [4.69, 9.17) is 0 Å². The van der Waals surface area contributed by atoms with Gasteiger partial charge >= 0.3 is 0 Å². The van der Waals surface area contributed by atoms with Crippen molar-refractivity contribution in [2.24, 2.45) is 0 Å². The number of amides is 1. The molecular weight excluding hydrogens is 412 g/mol. The lowest BCUT2D eigenvalue weighted by Gasteiger charge is -2.33. The first-order chi connectivity index (χ1) is 12.9. The zero-order chi connectivity index (χ0) is 19.4. The molecule has 0 saturated carbocycles. The van der Waals surface area contributed by atoms with Crippen LogP contribution in [0.15, 0.2) is 45.1 Å². The highest BCUT2D eigenvalue weighted by molar-refractivity contribution is 8.01. The van der Waals surface area contributed by atoms with Gasteiger partial charge in [0.25, 0.3) is 5.69 Å². The van der Waals surface area contributed by atoms with Crippen molar-refractivity contribution in [2.45, 2.75) is 9.24 Å². The molecule has 1 amide bonds.